The summed E-state index contributed by atoms with van der Waals surface area (Å²) in [6.45, 7) is 4.21. The summed E-state index contributed by atoms with van der Waals surface area (Å²) < 4.78 is 40.4. The van der Waals surface area contributed by atoms with Crippen molar-refractivity contribution in [2.45, 2.75) is 37.2 Å². The van der Waals surface area contributed by atoms with Crippen LogP contribution in [0.5, 0.6) is 0 Å². The van der Waals surface area contributed by atoms with E-state index in [1.54, 1.807) is 0 Å². The standard InChI is InChI=1S/C22H28FN3O3S/c1-2-21(22(27)24-17-18-7-4-3-5-8-18)25-13-6-14-26(16-15-25)30(28,29)20-11-9-19(23)10-12-20/h3-5,7-12,21H,2,6,13-17H2,1H3,(H,24,27). The third-order valence-electron chi connectivity index (χ3n) is 5.38. The van der Waals surface area contributed by atoms with Crippen LogP contribution in [-0.2, 0) is 21.4 Å². The van der Waals surface area contributed by atoms with Crippen molar-refractivity contribution in [3.63, 3.8) is 0 Å². The Morgan fingerprint density at radius 1 is 1.03 bits per heavy atom. The van der Waals surface area contributed by atoms with Crippen molar-refractivity contribution < 1.29 is 17.6 Å². The fraction of sp³-hybridized carbons (Fsp3) is 0.409. The van der Waals surface area contributed by atoms with E-state index in [0.717, 1.165) is 17.7 Å². The normalized spacial score (nSPS) is 17.3. The first-order valence-corrected chi connectivity index (χ1v) is 11.7. The van der Waals surface area contributed by atoms with E-state index in [2.05, 4.69) is 10.2 Å². The Bertz CT molecular complexity index is 936. The van der Waals surface area contributed by atoms with Crippen LogP contribution in [0.1, 0.15) is 25.3 Å². The van der Waals surface area contributed by atoms with Gasteiger partial charge in [0.2, 0.25) is 15.9 Å². The van der Waals surface area contributed by atoms with Crippen LogP contribution in [0.15, 0.2) is 59.5 Å². The zero-order valence-corrected chi connectivity index (χ0v) is 17.9. The molecule has 3 rings (SSSR count). The number of carbonyl (C=O) groups excluding carboxylic acids is 1. The van der Waals surface area contributed by atoms with E-state index < -0.39 is 15.8 Å². The Hall–Kier alpha value is -2.29. The van der Waals surface area contributed by atoms with Crippen molar-refractivity contribution in [2.75, 3.05) is 26.2 Å². The van der Waals surface area contributed by atoms with Crippen LogP contribution in [0.2, 0.25) is 0 Å². The van der Waals surface area contributed by atoms with Gasteiger partial charge in [0.15, 0.2) is 0 Å². The van der Waals surface area contributed by atoms with Crippen LogP contribution < -0.4 is 5.32 Å². The smallest absolute Gasteiger partial charge is 0.243 e. The van der Waals surface area contributed by atoms with E-state index in [1.165, 1.54) is 16.4 Å². The van der Waals surface area contributed by atoms with E-state index >= 15 is 0 Å². The minimum Gasteiger partial charge on any atom is -0.351 e. The summed E-state index contributed by atoms with van der Waals surface area (Å²) in [5.41, 5.74) is 1.04. The Morgan fingerprint density at radius 2 is 1.73 bits per heavy atom. The molecule has 2 aromatic rings. The molecule has 2 aromatic carbocycles. The number of sulfonamides is 1. The molecule has 1 heterocycles. The van der Waals surface area contributed by atoms with Gasteiger partial charge in [-0.15, -0.1) is 0 Å². The van der Waals surface area contributed by atoms with Crippen molar-refractivity contribution in [3.8, 4) is 0 Å². The molecule has 1 N–H and O–H groups in total. The highest BCUT2D eigenvalue weighted by molar-refractivity contribution is 7.89. The summed E-state index contributed by atoms with van der Waals surface area (Å²) >= 11 is 0. The Balaban J connectivity index is 1.62. The van der Waals surface area contributed by atoms with Crippen LogP contribution in [0.4, 0.5) is 4.39 Å². The Labute approximate surface area is 177 Å². The average molecular weight is 434 g/mol. The fourth-order valence-corrected chi connectivity index (χ4v) is 5.20. The third kappa shape index (κ3) is 5.44. The van der Waals surface area contributed by atoms with Crippen LogP contribution in [-0.4, -0.2) is 55.8 Å². The molecule has 0 bridgehead atoms. The first kappa shape index (κ1) is 22.4. The third-order valence-corrected chi connectivity index (χ3v) is 7.29. The quantitative estimate of drug-likeness (QED) is 0.729. The maximum Gasteiger partial charge on any atom is 0.243 e. The predicted molar refractivity (Wildman–Crippen MR) is 114 cm³/mol. The number of amides is 1. The molecule has 30 heavy (non-hydrogen) atoms. The zero-order valence-electron chi connectivity index (χ0n) is 17.1. The number of rotatable bonds is 7. The molecule has 1 unspecified atom stereocenters. The number of benzene rings is 2. The lowest BCUT2D eigenvalue weighted by atomic mass is 10.1. The van der Waals surface area contributed by atoms with Gasteiger partial charge in [-0.3, -0.25) is 9.69 Å². The molecule has 6 nitrogen and oxygen atoms in total. The van der Waals surface area contributed by atoms with Gasteiger partial charge >= 0.3 is 0 Å². The maximum atomic E-state index is 13.2. The average Bonchev–Trinajstić information content (AvgIpc) is 3.01. The fourth-order valence-electron chi connectivity index (χ4n) is 3.73. The molecule has 1 aliphatic rings. The van der Waals surface area contributed by atoms with Gasteiger partial charge in [-0.05, 0) is 42.7 Å². The molecule has 1 aliphatic heterocycles. The summed E-state index contributed by atoms with van der Waals surface area (Å²) in [5.74, 6) is -0.514. The number of hydrogen-bond acceptors (Lipinski definition) is 4. The SMILES string of the molecule is CCC(C(=O)NCc1ccccc1)N1CCCN(S(=O)(=O)c2ccc(F)cc2)CC1. The lowest BCUT2D eigenvalue weighted by Gasteiger charge is -2.29. The molecule has 0 radical (unpaired) electrons. The molecule has 162 valence electrons. The van der Waals surface area contributed by atoms with Crippen molar-refractivity contribution in [3.05, 3.63) is 66.0 Å². The minimum atomic E-state index is -3.69. The summed E-state index contributed by atoms with van der Waals surface area (Å²) in [5, 5.41) is 2.99. The number of nitrogens with one attached hydrogen (secondary N) is 1. The lowest BCUT2D eigenvalue weighted by molar-refractivity contribution is -0.126. The number of nitrogens with zero attached hydrogens (tertiary/aromatic N) is 2. The van der Waals surface area contributed by atoms with Crippen molar-refractivity contribution >= 4 is 15.9 Å². The lowest BCUT2D eigenvalue weighted by Crippen LogP contribution is -2.48. The molecule has 1 atom stereocenters. The van der Waals surface area contributed by atoms with E-state index in [9.17, 15) is 17.6 Å². The summed E-state index contributed by atoms with van der Waals surface area (Å²) in [6, 6.07) is 14.3. The van der Waals surface area contributed by atoms with Crippen molar-refractivity contribution in [1.82, 2.24) is 14.5 Å². The molecule has 1 saturated heterocycles. The molecule has 0 spiro atoms. The van der Waals surface area contributed by atoms with E-state index in [4.69, 9.17) is 0 Å². The van der Waals surface area contributed by atoms with Gasteiger partial charge in [0.25, 0.3) is 0 Å². The Kier molecular flexibility index (Phi) is 7.58. The summed E-state index contributed by atoms with van der Waals surface area (Å²) in [4.78, 5) is 14.9. The van der Waals surface area contributed by atoms with Crippen molar-refractivity contribution in [2.24, 2.45) is 0 Å². The van der Waals surface area contributed by atoms with E-state index in [-0.39, 0.29) is 16.8 Å². The summed E-state index contributed by atoms with van der Waals surface area (Å²) in [7, 11) is -3.69. The number of carbonyl (C=O) groups is 1. The first-order chi connectivity index (χ1) is 14.4. The molecular formula is C22H28FN3O3S. The molecule has 0 aliphatic carbocycles. The maximum absolute atomic E-state index is 13.2. The largest absolute Gasteiger partial charge is 0.351 e. The minimum absolute atomic E-state index is 0.0452. The second kappa shape index (κ2) is 10.1. The summed E-state index contributed by atoms with van der Waals surface area (Å²) in [6.07, 6.45) is 1.27. The van der Waals surface area contributed by atoms with Crippen LogP contribution >= 0.6 is 0 Å². The first-order valence-electron chi connectivity index (χ1n) is 10.2. The van der Waals surface area contributed by atoms with Crippen molar-refractivity contribution in [1.29, 1.82) is 0 Å². The van der Waals surface area contributed by atoms with Crippen LogP contribution in [0.3, 0.4) is 0 Å². The molecule has 8 heteroatoms. The predicted octanol–water partition coefficient (Wildman–Crippen LogP) is 2.62. The highest BCUT2D eigenvalue weighted by atomic mass is 32.2. The molecule has 1 amide bonds. The molecule has 0 aromatic heterocycles. The van der Waals surface area contributed by atoms with Crippen LogP contribution in [0, 0.1) is 5.82 Å². The van der Waals surface area contributed by atoms with Gasteiger partial charge in [-0.1, -0.05) is 37.3 Å². The molecule has 1 fully saturated rings. The van der Waals surface area contributed by atoms with Gasteiger partial charge in [-0.2, -0.15) is 4.31 Å². The monoisotopic (exact) mass is 433 g/mol. The van der Waals surface area contributed by atoms with Gasteiger partial charge in [-0.25, -0.2) is 12.8 Å². The number of hydrogen-bond donors (Lipinski definition) is 1. The zero-order chi connectivity index (χ0) is 21.6. The second-order valence-electron chi connectivity index (χ2n) is 7.37. The van der Waals surface area contributed by atoms with Gasteiger partial charge in [0.05, 0.1) is 10.9 Å². The van der Waals surface area contributed by atoms with E-state index in [1.807, 2.05) is 37.3 Å². The Morgan fingerprint density at radius 3 is 2.40 bits per heavy atom. The van der Waals surface area contributed by atoms with Gasteiger partial charge in [0, 0.05) is 32.7 Å². The topological polar surface area (TPSA) is 69.7 Å². The molecular weight excluding hydrogens is 405 g/mol. The highest BCUT2D eigenvalue weighted by Gasteiger charge is 2.31. The highest BCUT2D eigenvalue weighted by Crippen LogP contribution is 2.19. The molecule has 0 saturated carbocycles. The van der Waals surface area contributed by atoms with Gasteiger partial charge in [0.1, 0.15) is 5.82 Å². The van der Waals surface area contributed by atoms with E-state index in [0.29, 0.717) is 45.6 Å². The number of halogens is 1. The van der Waals surface area contributed by atoms with Gasteiger partial charge < -0.3 is 5.32 Å². The second-order valence-corrected chi connectivity index (χ2v) is 9.31. The van der Waals surface area contributed by atoms with Crippen LogP contribution in [0.25, 0.3) is 0 Å².